The molecule has 0 spiro atoms. The number of rotatable bonds is 3. The lowest BCUT2D eigenvalue weighted by Gasteiger charge is -2.15. The molecule has 2 rings (SSSR count). The van der Waals surface area contributed by atoms with Gasteiger partial charge in [-0.1, -0.05) is 30.3 Å². The minimum Gasteiger partial charge on any atom is -0.470 e. The molecule has 0 saturated heterocycles. The standard InChI is InChI=1S/C11H12ClNO2/c12-6-10-13-9(7-14)11(15-10)8-4-2-1-3-5-8/h1-5,9,11,14H,6-7H2/t9-,11-/m0/s1. The third-order valence-electron chi connectivity index (χ3n) is 2.35. The van der Waals surface area contributed by atoms with E-state index in [4.69, 9.17) is 16.3 Å². The van der Waals surface area contributed by atoms with E-state index in [1.807, 2.05) is 30.3 Å². The molecule has 0 fully saturated rings. The predicted octanol–water partition coefficient (Wildman–Crippen LogP) is 1.76. The number of halogens is 1. The molecule has 0 aromatic heterocycles. The molecule has 0 aliphatic carbocycles. The molecular formula is C11H12ClNO2. The minimum absolute atomic E-state index is 0.0278. The zero-order valence-electron chi connectivity index (χ0n) is 8.14. The van der Waals surface area contributed by atoms with E-state index in [-0.39, 0.29) is 24.6 Å². The Morgan fingerprint density at radius 2 is 2.07 bits per heavy atom. The van der Waals surface area contributed by atoms with Gasteiger partial charge in [-0.15, -0.1) is 11.6 Å². The Morgan fingerprint density at radius 1 is 1.33 bits per heavy atom. The van der Waals surface area contributed by atoms with Crippen LogP contribution in [-0.2, 0) is 4.74 Å². The van der Waals surface area contributed by atoms with E-state index < -0.39 is 0 Å². The summed E-state index contributed by atoms with van der Waals surface area (Å²) in [6.07, 6.45) is -0.204. The van der Waals surface area contributed by atoms with Crippen molar-refractivity contribution in [2.24, 2.45) is 4.99 Å². The number of benzene rings is 1. The highest BCUT2D eigenvalue weighted by molar-refractivity contribution is 6.27. The van der Waals surface area contributed by atoms with Crippen molar-refractivity contribution < 1.29 is 9.84 Å². The monoisotopic (exact) mass is 225 g/mol. The van der Waals surface area contributed by atoms with Gasteiger partial charge in [0.25, 0.3) is 0 Å². The summed E-state index contributed by atoms with van der Waals surface area (Å²) in [6, 6.07) is 9.49. The van der Waals surface area contributed by atoms with Crippen LogP contribution in [0, 0.1) is 0 Å². The number of hydrogen-bond donors (Lipinski definition) is 1. The van der Waals surface area contributed by atoms with Crippen molar-refractivity contribution in [3.05, 3.63) is 35.9 Å². The molecule has 1 heterocycles. The first kappa shape index (κ1) is 10.5. The van der Waals surface area contributed by atoms with E-state index in [9.17, 15) is 5.11 Å². The first-order chi connectivity index (χ1) is 7.35. The van der Waals surface area contributed by atoms with Crippen LogP contribution in [0.4, 0.5) is 0 Å². The lowest BCUT2D eigenvalue weighted by atomic mass is 10.0. The highest BCUT2D eigenvalue weighted by atomic mass is 35.5. The molecule has 15 heavy (non-hydrogen) atoms. The lowest BCUT2D eigenvalue weighted by molar-refractivity contribution is 0.151. The second-order valence-corrected chi connectivity index (χ2v) is 3.62. The largest absolute Gasteiger partial charge is 0.470 e. The van der Waals surface area contributed by atoms with Crippen LogP contribution in [0.1, 0.15) is 11.7 Å². The van der Waals surface area contributed by atoms with Gasteiger partial charge in [0, 0.05) is 0 Å². The molecule has 1 aliphatic heterocycles. The van der Waals surface area contributed by atoms with Crippen LogP contribution in [0.5, 0.6) is 0 Å². The van der Waals surface area contributed by atoms with Gasteiger partial charge in [-0.2, -0.15) is 0 Å². The minimum atomic E-state index is -0.235. The third-order valence-corrected chi connectivity index (χ3v) is 2.58. The smallest absolute Gasteiger partial charge is 0.199 e. The van der Waals surface area contributed by atoms with Gasteiger partial charge in [0.15, 0.2) is 5.90 Å². The first-order valence-corrected chi connectivity index (χ1v) is 5.33. The van der Waals surface area contributed by atoms with Crippen molar-refractivity contribution in [2.45, 2.75) is 12.1 Å². The molecule has 0 saturated carbocycles. The molecule has 0 unspecified atom stereocenters. The summed E-state index contributed by atoms with van der Waals surface area (Å²) in [6.45, 7) is -0.0278. The van der Waals surface area contributed by atoms with Crippen molar-refractivity contribution in [1.82, 2.24) is 0 Å². The van der Waals surface area contributed by atoms with Gasteiger partial charge in [0.05, 0.1) is 12.5 Å². The van der Waals surface area contributed by atoms with Gasteiger partial charge in [0.2, 0.25) is 0 Å². The number of ether oxygens (including phenoxy) is 1. The fourth-order valence-corrected chi connectivity index (χ4v) is 1.78. The zero-order valence-corrected chi connectivity index (χ0v) is 8.89. The van der Waals surface area contributed by atoms with Crippen LogP contribution in [0.25, 0.3) is 0 Å². The average molecular weight is 226 g/mol. The molecular weight excluding hydrogens is 214 g/mol. The van der Waals surface area contributed by atoms with Gasteiger partial charge in [-0.25, -0.2) is 4.99 Å². The maximum atomic E-state index is 9.18. The van der Waals surface area contributed by atoms with Crippen LogP contribution in [0.2, 0.25) is 0 Å². The third kappa shape index (κ3) is 2.13. The zero-order chi connectivity index (χ0) is 10.7. The second kappa shape index (κ2) is 4.64. The molecule has 1 aliphatic rings. The molecule has 0 amide bonds. The molecule has 80 valence electrons. The summed E-state index contributed by atoms with van der Waals surface area (Å²) in [7, 11) is 0. The van der Waals surface area contributed by atoms with Crippen LogP contribution in [0.3, 0.4) is 0 Å². The maximum absolute atomic E-state index is 9.18. The Labute approximate surface area is 93.4 Å². The normalized spacial score (nSPS) is 24.8. The van der Waals surface area contributed by atoms with Gasteiger partial charge in [-0.05, 0) is 5.56 Å². The first-order valence-electron chi connectivity index (χ1n) is 4.80. The average Bonchev–Trinajstić information content (AvgIpc) is 2.73. The van der Waals surface area contributed by atoms with E-state index >= 15 is 0 Å². The van der Waals surface area contributed by atoms with Gasteiger partial charge in [0.1, 0.15) is 12.1 Å². The van der Waals surface area contributed by atoms with E-state index in [2.05, 4.69) is 4.99 Å². The Bertz CT molecular complexity index is 353. The number of nitrogens with zero attached hydrogens (tertiary/aromatic N) is 1. The number of hydrogen-bond acceptors (Lipinski definition) is 3. The van der Waals surface area contributed by atoms with Crippen LogP contribution in [0.15, 0.2) is 35.3 Å². The van der Waals surface area contributed by atoms with Gasteiger partial charge < -0.3 is 9.84 Å². The molecule has 3 nitrogen and oxygen atoms in total. The lowest BCUT2D eigenvalue weighted by Crippen LogP contribution is -2.17. The Balaban J connectivity index is 2.19. The fraction of sp³-hybridized carbons (Fsp3) is 0.364. The molecule has 2 atom stereocenters. The van der Waals surface area contributed by atoms with Gasteiger partial charge >= 0.3 is 0 Å². The van der Waals surface area contributed by atoms with Crippen LogP contribution >= 0.6 is 11.6 Å². The number of alkyl halides is 1. The number of aliphatic hydroxyl groups is 1. The Kier molecular flexibility index (Phi) is 3.23. The molecule has 1 aromatic rings. The fourth-order valence-electron chi connectivity index (χ4n) is 1.64. The second-order valence-electron chi connectivity index (χ2n) is 3.36. The summed E-state index contributed by atoms with van der Waals surface area (Å²) in [5.74, 6) is 0.754. The summed E-state index contributed by atoms with van der Waals surface area (Å²) < 4.78 is 5.56. The highest BCUT2D eigenvalue weighted by Gasteiger charge is 2.30. The number of aliphatic hydroxyl groups excluding tert-OH is 1. The van der Waals surface area contributed by atoms with E-state index in [1.54, 1.807) is 0 Å². The summed E-state index contributed by atoms with van der Waals surface area (Å²) in [5, 5.41) is 9.18. The van der Waals surface area contributed by atoms with E-state index in [0.29, 0.717) is 5.90 Å². The molecule has 0 bridgehead atoms. The van der Waals surface area contributed by atoms with Crippen LogP contribution < -0.4 is 0 Å². The van der Waals surface area contributed by atoms with Crippen molar-refractivity contribution in [3.8, 4) is 0 Å². The molecule has 1 aromatic carbocycles. The quantitative estimate of drug-likeness (QED) is 0.797. The van der Waals surface area contributed by atoms with E-state index in [0.717, 1.165) is 5.56 Å². The molecule has 1 N–H and O–H groups in total. The summed E-state index contributed by atoms with van der Waals surface area (Å²) in [5.41, 5.74) is 1.01. The molecule has 4 heteroatoms. The summed E-state index contributed by atoms with van der Waals surface area (Å²) >= 11 is 5.65. The predicted molar refractivity (Wildman–Crippen MR) is 59.3 cm³/mol. The molecule has 0 radical (unpaired) electrons. The maximum Gasteiger partial charge on any atom is 0.199 e. The highest BCUT2D eigenvalue weighted by Crippen LogP contribution is 2.28. The van der Waals surface area contributed by atoms with Crippen molar-refractivity contribution in [3.63, 3.8) is 0 Å². The number of aliphatic imine (C=N–C) groups is 1. The van der Waals surface area contributed by atoms with Crippen molar-refractivity contribution in [1.29, 1.82) is 0 Å². The van der Waals surface area contributed by atoms with Gasteiger partial charge in [-0.3, -0.25) is 0 Å². The van der Waals surface area contributed by atoms with Crippen molar-refractivity contribution >= 4 is 17.5 Å². The Hall–Kier alpha value is -1.06. The topological polar surface area (TPSA) is 41.8 Å². The summed E-state index contributed by atoms with van der Waals surface area (Å²) in [4.78, 5) is 4.20. The SMILES string of the molecule is OC[C@@H]1N=C(CCl)O[C@H]1c1ccccc1. The Morgan fingerprint density at radius 3 is 2.67 bits per heavy atom. The van der Waals surface area contributed by atoms with E-state index in [1.165, 1.54) is 0 Å². The van der Waals surface area contributed by atoms with Crippen LogP contribution in [-0.4, -0.2) is 29.5 Å². The van der Waals surface area contributed by atoms with Crippen molar-refractivity contribution in [2.75, 3.05) is 12.5 Å².